The number of aliphatic hydroxyl groups excluding tert-OH is 1. The zero-order valence-electron chi connectivity index (χ0n) is 13.7. The van der Waals surface area contributed by atoms with E-state index in [0.717, 1.165) is 0 Å². The molecule has 1 N–H and O–H groups in total. The number of hydrogen-bond acceptors (Lipinski definition) is 6. The largest absolute Gasteiger partial charge is 0.391 e. The summed E-state index contributed by atoms with van der Waals surface area (Å²) in [4.78, 5) is 2.02. The van der Waals surface area contributed by atoms with Crippen LogP contribution in [-0.4, -0.2) is 57.3 Å². The molecule has 2 atom stereocenters. The van der Waals surface area contributed by atoms with Gasteiger partial charge in [0.15, 0.2) is 11.5 Å². The Kier molecular flexibility index (Phi) is 4.06. The van der Waals surface area contributed by atoms with Gasteiger partial charge in [-0.2, -0.15) is 4.52 Å². The molecule has 1 aliphatic rings. The van der Waals surface area contributed by atoms with E-state index in [4.69, 9.17) is 4.74 Å². The lowest BCUT2D eigenvalue weighted by molar-refractivity contribution is 0.159. The summed E-state index contributed by atoms with van der Waals surface area (Å²) in [6, 6.07) is 9.89. The van der Waals surface area contributed by atoms with E-state index in [1.54, 1.807) is 23.8 Å². The van der Waals surface area contributed by atoms with Crippen LogP contribution in [0.3, 0.4) is 0 Å². The van der Waals surface area contributed by atoms with Crippen LogP contribution in [-0.2, 0) is 4.74 Å². The van der Waals surface area contributed by atoms with E-state index in [0.29, 0.717) is 42.4 Å². The maximum Gasteiger partial charge on any atom is 0.185 e. The number of aliphatic hydroxyl groups is 1. The van der Waals surface area contributed by atoms with E-state index < -0.39 is 6.10 Å². The monoisotopic (exact) mass is 343 g/mol. The first kappa shape index (κ1) is 15.9. The minimum absolute atomic E-state index is 0.0547. The Morgan fingerprint density at radius 2 is 2.16 bits per heavy atom. The molecule has 130 valence electrons. The van der Waals surface area contributed by atoms with Crippen molar-refractivity contribution in [1.29, 1.82) is 0 Å². The van der Waals surface area contributed by atoms with Crippen LogP contribution in [0.2, 0.25) is 0 Å². The SMILES string of the molecule is COC[C@@H]1C[C@@H](O)CN1c1ccc2nnc(-c3cccc(F)c3)n2n1. The maximum absolute atomic E-state index is 13.5. The highest BCUT2D eigenvalue weighted by Gasteiger charge is 2.32. The third-order valence-electron chi connectivity index (χ3n) is 4.38. The molecule has 1 saturated heterocycles. The Hall–Kier alpha value is -2.58. The van der Waals surface area contributed by atoms with Gasteiger partial charge in [0.25, 0.3) is 0 Å². The fraction of sp³-hybridized carbons (Fsp3) is 0.353. The number of hydrogen-bond donors (Lipinski definition) is 1. The first-order chi connectivity index (χ1) is 12.2. The van der Waals surface area contributed by atoms with Gasteiger partial charge in [-0.05, 0) is 30.7 Å². The van der Waals surface area contributed by atoms with Crippen molar-refractivity contribution in [3.8, 4) is 11.4 Å². The first-order valence-corrected chi connectivity index (χ1v) is 8.08. The van der Waals surface area contributed by atoms with Gasteiger partial charge in [0.1, 0.15) is 11.6 Å². The normalized spacial score (nSPS) is 20.5. The number of fused-ring (bicyclic) bond motifs is 1. The summed E-state index contributed by atoms with van der Waals surface area (Å²) in [5.41, 5.74) is 1.18. The fourth-order valence-corrected chi connectivity index (χ4v) is 3.26. The third-order valence-corrected chi connectivity index (χ3v) is 4.38. The van der Waals surface area contributed by atoms with Crippen LogP contribution in [0.5, 0.6) is 0 Å². The Bertz CT molecular complexity index is 900. The highest BCUT2D eigenvalue weighted by molar-refractivity contribution is 5.60. The highest BCUT2D eigenvalue weighted by atomic mass is 19.1. The number of nitrogens with zero attached hydrogens (tertiary/aromatic N) is 5. The Balaban J connectivity index is 1.76. The fourth-order valence-electron chi connectivity index (χ4n) is 3.26. The summed E-state index contributed by atoms with van der Waals surface area (Å²) in [5.74, 6) is 0.830. The van der Waals surface area contributed by atoms with Crippen LogP contribution in [0.25, 0.3) is 17.0 Å². The number of aromatic nitrogens is 4. The second-order valence-corrected chi connectivity index (χ2v) is 6.15. The average molecular weight is 343 g/mol. The van der Waals surface area contributed by atoms with E-state index >= 15 is 0 Å². The molecule has 0 radical (unpaired) electrons. The van der Waals surface area contributed by atoms with Gasteiger partial charge in [-0.25, -0.2) is 4.39 Å². The zero-order valence-corrected chi connectivity index (χ0v) is 13.7. The molecule has 0 unspecified atom stereocenters. The summed E-state index contributed by atoms with van der Waals surface area (Å²) in [7, 11) is 1.64. The van der Waals surface area contributed by atoms with Crippen molar-refractivity contribution in [3.05, 3.63) is 42.2 Å². The molecule has 25 heavy (non-hydrogen) atoms. The van der Waals surface area contributed by atoms with Crippen molar-refractivity contribution >= 4 is 11.5 Å². The van der Waals surface area contributed by atoms with Gasteiger partial charge in [-0.3, -0.25) is 0 Å². The molecular formula is C17H18FN5O2. The van der Waals surface area contributed by atoms with Crippen molar-refractivity contribution < 1.29 is 14.2 Å². The van der Waals surface area contributed by atoms with Gasteiger partial charge in [-0.1, -0.05) is 12.1 Å². The molecule has 4 rings (SSSR count). The number of benzene rings is 1. The molecular weight excluding hydrogens is 325 g/mol. The van der Waals surface area contributed by atoms with Crippen LogP contribution < -0.4 is 4.90 Å². The Morgan fingerprint density at radius 1 is 1.28 bits per heavy atom. The van der Waals surface area contributed by atoms with E-state index in [2.05, 4.69) is 15.3 Å². The van der Waals surface area contributed by atoms with Crippen LogP contribution in [0, 0.1) is 5.82 Å². The number of β-amino-alcohol motifs (C(OH)–C–C–N with tert-alkyl or cyclic N) is 1. The molecule has 1 aromatic carbocycles. The van der Waals surface area contributed by atoms with Crippen LogP contribution in [0.1, 0.15) is 6.42 Å². The summed E-state index contributed by atoms with van der Waals surface area (Å²) in [6.07, 6.45) is 0.216. The van der Waals surface area contributed by atoms with E-state index in [9.17, 15) is 9.50 Å². The molecule has 0 spiro atoms. The molecule has 2 aromatic heterocycles. The standard InChI is InChI=1S/C17H18FN5O2/c1-25-10-13-8-14(24)9-22(13)16-6-5-15-19-20-17(23(15)21-16)11-3-2-4-12(18)7-11/h2-7,13-14,24H,8-10H2,1H3/t13-,14+/m0/s1. The van der Waals surface area contributed by atoms with Crippen LogP contribution in [0.15, 0.2) is 36.4 Å². The van der Waals surface area contributed by atoms with Gasteiger partial charge in [-0.15, -0.1) is 15.3 Å². The molecule has 3 heterocycles. The highest BCUT2D eigenvalue weighted by Crippen LogP contribution is 2.26. The first-order valence-electron chi connectivity index (χ1n) is 8.08. The van der Waals surface area contributed by atoms with Crippen molar-refractivity contribution in [3.63, 3.8) is 0 Å². The second-order valence-electron chi connectivity index (χ2n) is 6.15. The second kappa shape index (κ2) is 6.38. The summed E-state index contributed by atoms with van der Waals surface area (Å²) in [6.45, 7) is 1.000. The minimum atomic E-state index is -0.416. The molecule has 7 nitrogen and oxygen atoms in total. The number of ether oxygens (including phenoxy) is 1. The van der Waals surface area contributed by atoms with E-state index in [1.807, 2.05) is 17.0 Å². The van der Waals surface area contributed by atoms with Crippen molar-refractivity contribution in [2.75, 3.05) is 25.2 Å². The lowest BCUT2D eigenvalue weighted by Gasteiger charge is -2.24. The summed E-state index contributed by atoms with van der Waals surface area (Å²) < 4.78 is 20.4. The van der Waals surface area contributed by atoms with Crippen LogP contribution in [0.4, 0.5) is 10.2 Å². The Morgan fingerprint density at radius 3 is 2.96 bits per heavy atom. The predicted molar refractivity (Wildman–Crippen MR) is 89.8 cm³/mol. The number of halogens is 1. The van der Waals surface area contributed by atoms with E-state index in [1.165, 1.54) is 12.1 Å². The number of rotatable bonds is 4. The van der Waals surface area contributed by atoms with Gasteiger partial charge in [0, 0.05) is 19.2 Å². The zero-order chi connectivity index (χ0) is 17.4. The lowest BCUT2D eigenvalue weighted by Crippen LogP contribution is -2.34. The quantitative estimate of drug-likeness (QED) is 0.774. The predicted octanol–water partition coefficient (Wildman–Crippen LogP) is 1.52. The molecule has 0 bridgehead atoms. The molecule has 0 amide bonds. The smallest absolute Gasteiger partial charge is 0.185 e. The van der Waals surface area contributed by atoms with Gasteiger partial charge in [0.05, 0.1) is 18.8 Å². The van der Waals surface area contributed by atoms with Crippen molar-refractivity contribution in [2.45, 2.75) is 18.6 Å². The molecule has 0 saturated carbocycles. The average Bonchev–Trinajstić information content (AvgIpc) is 3.18. The minimum Gasteiger partial charge on any atom is -0.391 e. The summed E-state index contributed by atoms with van der Waals surface area (Å²) >= 11 is 0. The molecule has 1 fully saturated rings. The molecule has 1 aliphatic heterocycles. The molecule has 8 heteroatoms. The summed E-state index contributed by atoms with van der Waals surface area (Å²) in [5, 5.41) is 22.8. The van der Waals surface area contributed by atoms with Gasteiger partial charge < -0.3 is 14.7 Å². The van der Waals surface area contributed by atoms with E-state index in [-0.39, 0.29) is 11.9 Å². The van der Waals surface area contributed by atoms with Crippen LogP contribution >= 0.6 is 0 Å². The van der Waals surface area contributed by atoms with Crippen molar-refractivity contribution in [2.24, 2.45) is 0 Å². The number of methoxy groups -OCH3 is 1. The van der Waals surface area contributed by atoms with Gasteiger partial charge in [0.2, 0.25) is 0 Å². The number of anilines is 1. The Labute approximate surface area is 143 Å². The maximum atomic E-state index is 13.5. The molecule has 0 aliphatic carbocycles. The van der Waals surface area contributed by atoms with Crippen molar-refractivity contribution in [1.82, 2.24) is 19.8 Å². The lowest BCUT2D eigenvalue weighted by atomic mass is 10.2. The molecule has 3 aromatic rings. The third kappa shape index (κ3) is 2.94. The topological polar surface area (TPSA) is 75.8 Å². The van der Waals surface area contributed by atoms with Gasteiger partial charge >= 0.3 is 0 Å².